The van der Waals surface area contributed by atoms with Crippen molar-refractivity contribution in [3.8, 4) is 17.3 Å². The number of nitriles is 1. The number of nitrogens with zero attached hydrogens (tertiary/aromatic N) is 4. The Hall–Kier alpha value is -3.85. The molecule has 2 heterocycles. The molecule has 0 aliphatic carbocycles. The van der Waals surface area contributed by atoms with Crippen LogP contribution in [0.1, 0.15) is 29.1 Å². The van der Waals surface area contributed by atoms with Crippen LogP contribution in [0.15, 0.2) is 36.4 Å². The van der Waals surface area contributed by atoms with E-state index in [4.69, 9.17) is 11.0 Å². The number of imidazole rings is 1. The van der Waals surface area contributed by atoms with E-state index in [1.54, 1.807) is 0 Å². The summed E-state index contributed by atoms with van der Waals surface area (Å²) in [6.07, 6.45) is -5.27. The summed E-state index contributed by atoms with van der Waals surface area (Å²) in [6, 6.07) is 8.02. The van der Waals surface area contributed by atoms with Crippen LogP contribution in [0.5, 0.6) is 0 Å². The number of carbonyl (C=O) groups excluding carboxylic acids is 1. The van der Waals surface area contributed by atoms with Crippen molar-refractivity contribution in [3.05, 3.63) is 76.5 Å². The maximum atomic E-state index is 13.9. The lowest BCUT2D eigenvalue weighted by molar-refractivity contribution is -0.148. The number of alkyl halides is 3. The lowest BCUT2D eigenvalue weighted by Crippen LogP contribution is -2.42. The van der Waals surface area contributed by atoms with Crippen molar-refractivity contribution in [2.75, 3.05) is 6.54 Å². The Kier molecular flexibility index (Phi) is 6.77. The van der Waals surface area contributed by atoms with Crippen molar-refractivity contribution in [3.63, 3.8) is 0 Å². The number of nitrogens with two attached hydrogens (primary N) is 1. The van der Waals surface area contributed by atoms with E-state index in [0.29, 0.717) is 17.7 Å². The molecule has 1 amide bonds. The molecule has 1 aliphatic heterocycles. The molecule has 36 heavy (non-hydrogen) atoms. The number of amides is 1. The van der Waals surface area contributed by atoms with Gasteiger partial charge in [-0.15, -0.1) is 0 Å². The standard InChI is InChI=1S/C24H19F6N5O/c25-17-10-19(27)18(26)8-15(17)7-16(32)9-21(36)34-4-5-35-20(12-34)22(33-23(35)24(28,29)30)14-3-1-2-13(6-14)11-31/h1-3,6,8,10,16H,4-5,7,9,12,32H2/t16-/m1/s1. The number of benzene rings is 2. The Morgan fingerprint density at radius 1 is 1.11 bits per heavy atom. The van der Waals surface area contributed by atoms with Crippen LogP contribution in [0.25, 0.3) is 11.3 Å². The van der Waals surface area contributed by atoms with Crippen LogP contribution in [0.4, 0.5) is 26.3 Å². The zero-order valence-electron chi connectivity index (χ0n) is 18.6. The quantitative estimate of drug-likeness (QED) is 0.415. The summed E-state index contributed by atoms with van der Waals surface area (Å²) in [7, 11) is 0. The molecule has 3 aromatic rings. The second kappa shape index (κ2) is 9.66. The van der Waals surface area contributed by atoms with E-state index in [2.05, 4.69) is 4.98 Å². The summed E-state index contributed by atoms with van der Waals surface area (Å²) >= 11 is 0. The van der Waals surface area contributed by atoms with Gasteiger partial charge in [0.15, 0.2) is 11.6 Å². The third-order valence-corrected chi connectivity index (χ3v) is 5.89. The number of aromatic nitrogens is 2. The summed E-state index contributed by atoms with van der Waals surface area (Å²) in [6.45, 7) is -0.413. The number of fused-ring (bicyclic) bond motifs is 1. The lowest BCUT2D eigenvalue weighted by atomic mass is 10.0. The van der Waals surface area contributed by atoms with Gasteiger partial charge in [-0.3, -0.25) is 4.79 Å². The molecule has 2 N–H and O–H groups in total. The number of rotatable bonds is 5. The average Bonchev–Trinajstić information content (AvgIpc) is 3.22. The molecule has 12 heteroatoms. The predicted octanol–water partition coefficient (Wildman–Crippen LogP) is 4.16. The fourth-order valence-corrected chi connectivity index (χ4v) is 4.19. The normalized spacial score (nSPS) is 14.3. The van der Waals surface area contributed by atoms with E-state index in [0.717, 1.165) is 4.57 Å². The molecule has 0 radical (unpaired) electrons. The van der Waals surface area contributed by atoms with Gasteiger partial charge in [0.25, 0.3) is 0 Å². The molecule has 0 spiro atoms. The summed E-state index contributed by atoms with van der Waals surface area (Å²) in [5.74, 6) is -5.19. The zero-order valence-corrected chi connectivity index (χ0v) is 18.6. The van der Waals surface area contributed by atoms with Gasteiger partial charge in [0.05, 0.1) is 29.6 Å². The molecule has 0 fully saturated rings. The molecule has 0 saturated heterocycles. The highest BCUT2D eigenvalue weighted by Crippen LogP contribution is 2.36. The van der Waals surface area contributed by atoms with E-state index in [1.807, 2.05) is 6.07 Å². The van der Waals surface area contributed by atoms with Crippen molar-refractivity contribution in [2.45, 2.75) is 38.1 Å². The first-order valence-corrected chi connectivity index (χ1v) is 10.8. The van der Waals surface area contributed by atoms with Gasteiger partial charge in [-0.25, -0.2) is 18.2 Å². The van der Waals surface area contributed by atoms with Crippen molar-refractivity contribution in [2.24, 2.45) is 5.73 Å². The van der Waals surface area contributed by atoms with Crippen molar-refractivity contribution >= 4 is 5.91 Å². The zero-order chi connectivity index (χ0) is 26.2. The van der Waals surface area contributed by atoms with Crippen LogP contribution in [-0.4, -0.2) is 32.9 Å². The molecule has 1 aromatic heterocycles. The minimum atomic E-state index is -4.73. The van der Waals surface area contributed by atoms with Crippen LogP contribution in [0.3, 0.4) is 0 Å². The first-order chi connectivity index (χ1) is 17.0. The van der Waals surface area contributed by atoms with Gasteiger partial charge >= 0.3 is 6.18 Å². The molecule has 1 aliphatic rings. The maximum Gasteiger partial charge on any atom is 0.449 e. The molecule has 1 atom stereocenters. The minimum Gasteiger partial charge on any atom is -0.335 e. The number of halogens is 6. The monoisotopic (exact) mass is 507 g/mol. The molecule has 188 valence electrons. The molecule has 0 saturated carbocycles. The molecule has 6 nitrogen and oxygen atoms in total. The summed E-state index contributed by atoms with van der Waals surface area (Å²) in [4.78, 5) is 18.0. The van der Waals surface area contributed by atoms with Gasteiger partial charge in [-0.05, 0) is 30.2 Å². The molecule has 4 rings (SSSR count). The van der Waals surface area contributed by atoms with Crippen LogP contribution in [0, 0.1) is 28.8 Å². The number of carbonyl (C=O) groups is 1. The maximum absolute atomic E-state index is 13.9. The Morgan fingerprint density at radius 2 is 1.83 bits per heavy atom. The van der Waals surface area contributed by atoms with Gasteiger partial charge in [0.2, 0.25) is 11.7 Å². The highest BCUT2D eigenvalue weighted by atomic mass is 19.4. The van der Waals surface area contributed by atoms with E-state index < -0.39 is 41.4 Å². The van der Waals surface area contributed by atoms with Gasteiger partial charge in [0.1, 0.15) is 5.82 Å². The summed E-state index contributed by atoms with van der Waals surface area (Å²) in [5, 5.41) is 9.15. The summed E-state index contributed by atoms with van der Waals surface area (Å²) < 4.78 is 82.5. The average molecular weight is 507 g/mol. The third kappa shape index (κ3) is 5.06. The van der Waals surface area contributed by atoms with E-state index >= 15 is 0 Å². The SMILES string of the molecule is N#Cc1cccc(-c2nc(C(F)(F)F)n3c2CN(C(=O)C[C@H](N)Cc2cc(F)c(F)cc2F)CC3)c1. The molecular weight excluding hydrogens is 488 g/mol. The van der Waals surface area contributed by atoms with Gasteiger partial charge in [-0.1, -0.05) is 12.1 Å². The Labute approximate surface area is 201 Å². The van der Waals surface area contributed by atoms with E-state index in [-0.39, 0.29) is 55.0 Å². The first-order valence-electron chi connectivity index (χ1n) is 10.8. The molecule has 0 unspecified atom stereocenters. The third-order valence-electron chi connectivity index (χ3n) is 5.89. The fraction of sp³-hybridized carbons (Fsp3) is 0.292. The van der Waals surface area contributed by atoms with Crippen LogP contribution < -0.4 is 5.73 Å². The van der Waals surface area contributed by atoms with Gasteiger partial charge in [0, 0.05) is 37.2 Å². The van der Waals surface area contributed by atoms with Crippen molar-refractivity contribution in [1.29, 1.82) is 5.26 Å². The Morgan fingerprint density at radius 3 is 2.53 bits per heavy atom. The smallest absolute Gasteiger partial charge is 0.335 e. The van der Waals surface area contributed by atoms with Gasteiger partial charge < -0.3 is 15.2 Å². The van der Waals surface area contributed by atoms with E-state index in [1.165, 1.54) is 29.2 Å². The van der Waals surface area contributed by atoms with E-state index in [9.17, 15) is 31.1 Å². The highest BCUT2D eigenvalue weighted by molar-refractivity contribution is 5.77. The summed E-state index contributed by atoms with van der Waals surface area (Å²) in [5.41, 5.74) is 6.45. The number of hydrogen-bond donors (Lipinski definition) is 1. The first kappa shape index (κ1) is 25.2. The van der Waals surface area contributed by atoms with Crippen LogP contribution in [0.2, 0.25) is 0 Å². The Bertz CT molecular complexity index is 1360. The van der Waals surface area contributed by atoms with Gasteiger partial charge in [-0.2, -0.15) is 18.4 Å². The molecule has 2 aromatic carbocycles. The van der Waals surface area contributed by atoms with Crippen molar-refractivity contribution < 1.29 is 31.1 Å². The number of hydrogen-bond acceptors (Lipinski definition) is 4. The fourth-order valence-electron chi connectivity index (χ4n) is 4.19. The van der Waals surface area contributed by atoms with Crippen molar-refractivity contribution in [1.82, 2.24) is 14.5 Å². The second-order valence-corrected chi connectivity index (χ2v) is 8.41. The topological polar surface area (TPSA) is 87.9 Å². The molecule has 0 bridgehead atoms. The molecular formula is C24H19F6N5O. The largest absolute Gasteiger partial charge is 0.449 e. The lowest BCUT2D eigenvalue weighted by Gasteiger charge is -2.30. The Balaban J connectivity index is 1.56. The second-order valence-electron chi connectivity index (χ2n) is 8.41. The van der Waals surface area contributed by atoms with Crippen LogP contribution >= 0.6 is 0 Å². The minimum absolute atomic E-state index is 0.00471. The predicted molar refractivity (Wildman–Crippen MR) is 115 cm³/mol. The van der Waals surface area contributed by atoms with Crippen LogP contribution in [-0.2, 0) is 30.5 Å². The highest BCUT2D eigenvalue weighted by Gasteiger charge is 2.40.